The molecule has 29 heavy (non-hydrogen) atoms. The Labute approximate surface area is 171 Å². The number of imidazole rings is 1. The van der Waals surface area contributed by atoms with Gasteiger partial charge in [0.15, 0.2) is 0 Å². The molecule has 0 atom stereocenters. The highest BCUT2D eigenvalue weighted by Gasteiger charge is 2.14. The van der Waals surface area contributed by atoms with Crippen LogP contribution in [0, 0.1) is 24.0 Å². The summed E-state index contributed by atoms with van der Waals surface area (Å²) in [6, 6.07) is 5.51. The van der Waals surface area contributed by atoms with Crippen LogP contribution in [0.5, 0.6) is 0 Å². The molecule has 1 aromatic carbocycles. The van der Waals surface area contributed by atoms with E-state index in [2.05, 4.69) is 25.6 Å². The van der Waals surface area contributed by atoms with Gasteiger partial charge in [0.1, 0.15) is 23.3 Å². The lowest BCUT2D eigenvalue weighted by atomic mass is 10.2. The van der Waals surface area contributed by atoms with Crippen LogP contribution >= 0.6 is 11.6 Å². The van der Waals surface area contributed by atoms with Crippen LogP contribution in [0.25, 0.3) is 5.82 Å². The first-order valence-electron chi connectivity index (χ1n) is 8.67. The highest BCUT2D eigenvalue weighted by molar-refractivity contribution is 6.34. The molecule has 0 bridgehead atoms. The Morgan fingerprint density at radius 1 is 1.24 bits per heavy atom. The molecule has 2 aromatic heterocycles. The Bertz CT molecular complexity index is 1070. The molecule has 10 nitrogen and oxygen atoms in total. The standard InChI is InChI=1S/C18H18ClN7O3/c1-11-23-16(10-17(24-11)25-8-7-20-12(25)2)21-5-6-22-18(27)14-4-3-13(26(28)29)9-15(14)19/h3-4,7-10H,5-6H2,1-2H3,(H,22,27)(H,21,23,24). The van der Waals surface area contributed by atoms with Crippen LogP contribution in [-0.2, 0) is 0 Å². The third-order valence-corrected chi connectivity index (χ3v) is 4.33. The molecule has 0 unspecified atom stereocenters. The zero-order chi connectivity index (χ0) is 21.0. The monoisotopic (exact) mass is 415 g/mol. The molecule has 1 amide bonds. The highest BCUT2D eigenvalue weighted by atomic mass is 35.5. The van der Waals surface area contributed by atoms with E-state index in [0.717, 1.165) is 11.9 Å². The van der Waals surface area contributed by atoms with Crippen molar-refractivity contribution < 1.29 is 9.72 Å². The molecular formula is C18H18ClN7O3. The summed E-state index contributed by atoms with van der Waals surface area (Å²) in [5.41, 5.74) is 0.00398. The SMILES string of the molecule is Cc1nc(NCCNC(=O)c2ccc([N+](=O)[O-])cc2Cl)cc(-n2ccnc2C)n1. The molecule has 0 aliphatic heterocycles. The number of anilines is 1. The van der Waals surface area contributed by atoms with Crippen LogP contribution in [-0.4, -0.2) is 43.4 Å². The first-order valence-corrected chi connectivity index (χ1v) is 9.05. The summed E-state index contributed by atoms with van der Waals surface area (Å²) < 4.78 is 1.85. The van der Waals surface area contributed by atoms with E-state index in [9.17, 15) is 14.9 Å². The fraction of sp³-hybridized carbons (Fsp3) is 0.222. The maximum Gasteiger partial charge on any atom is 0.270 e. The Hall–Kier alpha value is -3.53. The molecule has 11 heteroatoms. The minimum Gasteiger partial charge on any atom is -0.368 e. The second kappa shape index (κ2) is 8.65. The number of aryl methyl sites for hydroxylation is 2. The van der Waals surface area contributed by atoms with Gasteiger partial charge < -0.3 is 10.6 Å². The molecule has 150 valence electrons. The number of hydrogen-bond donors (Lipinski definition) is 2. The summed E-state index contributed by atoms with van der Waals surface area (Å²) in [5, 5.41) is 16.6. The molecule has 3 rings (SSSR count). The molecule has 0 aliphatic rings. The fourth-order valence-electron chi connectivity index (χ4n) is 2.65. The van der Waals surface area contributed by atoms with E-state index >= 15 is 0 Å². The fourth-order valence-corrected chi connectivity index (χ4v) is 2.91. The number of nitro groups is 1. The number of carbonyl (C=O) groups excluding carboxylic acids is 1. The van der Waals surface area contributed by atoms with Gasteiger partial charge in [0.2, 0.25) is 0 Å². The highest BCUT2D eigenvalue weighted by Crippen LogP contribution is 2.22. The van der Waals surface area contributed by atoms with E-state index in [-0.39, 0.29) is 16.3 Å². The first-order chi connectivity index (χ1) is 13.8. The predicted molar refractivity (Wildman–Crippen MR) is 108 cm³/mol. The third kappa shape index (κ3) is 4.85. The van der Waals surface area contributed by atoms with Crippen LogP contribution in [0.1, 0.15) is 22.0 Å². The number of benzene rings is 1. The lowest BCUT2D eigenvalue weighted by Crippen LogP contribution is -2.29. The Balaban J connectivity index is 1.58. The van der Waals surface area contributed by atoms with E-state index in [1.807, 2.05) is 17.7 Å². The van der Waals surface area contributed by atoms with Crippen LogP contribution in [0.15, 0.2) is 36.7 Å². The molecule has 0 aliphatic carbocycles. The van der Waals surface area contributed by atoms with Gasteiger partial charge in [-0.1, -0.05) is 11.6 Å². The number of nitrogens with zero attached hydrogens (tertiary/aromatic N) is 5. The van der Waals surface area contributed by atoms with Crippen molar-refractivity contribution in [3.63, 3.8) is 0 Å². The molecule has 2 N–H and O–H groups in total. The number of hydrogen-bond acceptors (Lipinski definition) is 7. The number of halogens is 1. The summed E-state index contributed by atoms with van der Waals surface area (Å²) >= 11 is 5.97. The summed E-state index contributed by atoms with van der Waals surface area (Å²) in [6.45, 7) is 4.38. The van der Waals surface area contributed by atoms with Crippen LogP contribution in [0.2, 0.25) is 5.02 Å². The van der Waals surface area contributed by atoms with Crippen LogP contribution < -0.4 is 10.6 Å². The molecule has 2 heterocycles. The van der Waals surface area contributed by atoms with Crippen molar-refractivity contribution in [2.75, 3.05) is 18.4 Å². The number of non-ortho nitro benzene ring substituents is 1. The summed E-state index contributed by atoms with van der Waals surface area (Å²) in [7, 11) is 0. The molecule has 0 radical (unpaired) electrons. The quantitative estimate of drug-likeness (QED) is 0.345. The minimum atomic E-state index is -0.569. The van der Waals surface area contributed by atoms with Gasteiger partial charge in [0, 0.05) is 43.7 Å². The van der Waals surface area contributed by atoms with Crippen molar-refractivity contribution in [1.82, 2.24) is 24.8 Å². The second-order valence-corrected chi connectivity index (χ2v) is 6.51. The van der Waals surface area contributed by atoms with Crippen molar-refractivity contribution in [2.24, 2.45) is 0 Å². The van der Waals surface area contributed by atoms with E-state index in [4.69, 9.17) is 11.6 Å². The van der Waals surface area contributed by atoms with Crippen molar-refractivity contribution in [3.8, 4) is 5.82 Å². The maximum absolute atomic E-state index is 12.2. The van der Waals surface area contributed by atoms with E-state index < -0.39 is 10.8 Å². The molecule has 0 saturated heterocycles. The van der Waals surface area contributed by atoms with Gasteiger partial charge in [0.25, 0.3) is 11.6 Å². The Kier molecular flexibility index (Phi) is 6.03. The second-order valence-electron chi connectivity index (χ2n) is 6.11. The average Bonchev–Trinajstić information content (AvgIpc) is 3.10. The maximum atomic E-state index is 12.2. The predicted octanol–water partition coefficient (Wildman–Crippen LogP) is 2.68. The number of amides is 1. The normalized spacial score (nSPS) is 10.6. The largest absolute Gasteiger partial charge is 0.368 e. The van der Waals surface area contributed by atoms with E-state index in [1.54, 1.807) is 19.2 Å². The number of nitro benzene ring substituents is 1. The topological polar surface area (TPSA) is 128 Å². The lowest BCUT2D eigenvalue weighted by molar-refractivity contribution is -0.384. The van der Waals surface area contributed by atoms with Crippen molar-refractivity contribution in [1.29, 1.82) is 0 Å². The van der Waals surface area contributed by atoms with Crippen LogP contribution in [0.4, 0.5) is 11.5 Å². The molecule has 0 fully saturated rings. The zero-order valence-corrected chi connectivity index (χ0v) is 16.5. The van der Waals surface area contributed by atoms with Gasteiger partial charge in [-0.3, -0.25) is 19.5 Å². The van der Waals surface area contributed by atoms with Gasteiger partial charge >= 0.3 is 0 Å². The number of aromatic nitrogens is 4. The number of rotatable bonds is 7. The van der Waals surface area contributed by atoms with Gasteiger partial charge in [-0.15, -0.1) is 0 Å². The van der Waals surface area contributed by atoms with Gasteiger partial charge in [-0.25, -0.2) is 15.0 Å². The zero-order valence-electron chi connectivity index (χ0n) is 15.7. The van der Waals surface area contributed by atoms with Crippen molar-refractivity contribution in [3.05, 3.63) is 69.0 Å². The minimum absolute atomic E-state index is 0.0245. The van der Waals surface area contributed by atoms with Crippen molar-refractivity contribution in [2.45, 2.75) is 13.8 Å². The molecule has 0 spiro atoms. The van der Waals surface area contributed by atoms with Gasteiger partial charge in [-0.2, -0.15) is 0 Å². The van der Waals surface area contributed by atoms with Gasteiger partial charge in [0.05, 0.1) is 15.5 Å². The van der Waals surface area contributed by atoms with Gasteiger partial charge in [-0.05, 0) is 19.9 Å². The smallest absolute Gasteiger partial charge is 0.270 e. The summed E-state index contributed by atoms with van der Waals surface area (Å²) in [5.74, 6) is 2.29. The molecule has 0 saturated carbocycles. The molecule has 3 aromatic rings. The van der Waals surface area contributed by atoms with Crippen LogP contribution in [0.3, 0.4) is 0 Å². The lowest BCUT2D eigenvalue weighted by Gasteiger charge is -2.11. The average molecular weight is 416 g/mol. The first kappa shape index (κ1) is 20.2. The van der Waals surface area contributed by atoms with E-state index in [1.165, 1.54) is 12.1 Å². The Morgan fingerprint density at radius 3 is 2.69 bits per heavy atom. The van der Waals surface area contributed by atoms with E-state index in [0.29, 0.717) is 30.5 Å². The number of carbonyl (C=O) groups is 1. The third-order valence-electron chi connectivity index (χ3n) is 4.02. The Morgan fingerprint density at radius 2 is 2.03 bits per heavy atom. The summed E-state index contributed by atoms with van der Waals surface area (Å²) in [4.78, 5) is 35.3. The number of nitrogens with one attached hydrogen (secondary N) is 2. The van der Waals surface area contributed by atoms with Crippen molar-refractivity contribution >= 4 is 29.0 Å². The molecular weight excluding hydrogens is 398 g/mol. The summed E-state index contributed by atoms with van der Waals surface area (Å²) in [6.07, 6.45) is 3.51.